The number of nitrogens with one attached hydrogen (secondary N) is 1. The van der Waals surface area contributed by atoms with E-state index in [1.807, 2.05) is 19.1 Å². The molecule has 0 spiro atoms. The standard InChI is InChI=1S/C23H26N2O/c1-15(2)19-6-5-16(3)22(13-19)18-7-9-20(10-8-18)25-23(26)21-11-12-24-14-17(21)4/h7-12,14,19H,1,5-6,13H2,2-4H3,(H,25,26)/t19-/m1/s1. The predicted octanol–water partition coefficient (Wildman–Crippen LogP) is 5.79. The third-order valence-electron chi connectivity index (χ3n) is 5.29. The van der Waals surface area contributed by atoms with Crippen molar-refractivity contribution in [2.24, 2.45) is 5.92 Å². The van der Waals surface area contributed by atoms with Crippen molar-refractivity contribution in [2.45, 2.75) is 40.0 Å². The monoisotopic (exact) mass is 346 g/mol. The number of carbonyl (C=O) groups excluding carboxylic acids is 1. The smallest absolute Gasteiger partial charge is 0.256 e. The molecule has 0 unspecified atom stereocenters. The van der Waals surface area contributed by atoms with Gasteiger partial charge in [-0.15, -0.1) is 0 Å². The molecule has 1 atom stereocenters. The highest BCUT2D eigenvalue weighted by molar-refractivity contribution is 6.05. The van der Waals surface area contributed by atoms with E-state index in [1.165, 1.54) is 28.7 Å². The molecule has 3 rings (SSSR count). The molecule has 1 heterocycles. The topological polar surface area (TPSA) is 42.0 Å². The number of benzene rings is 1. The Balaban J connectivity index is 1.75. The van der Waals surface area contributed by atoms with Gasteiger partial charge >= 0.3 is 0 Å². The molecule has 3 heteroatoms. The zero-order chi connectivity index (χ0) is 18.7. The number of rotatable bonds is 4. The first-order chi connectivity index (χ1) is 12.5. The minimum absolute atomic E-state index is 0.104. The second kappa shape index (κ2) is 7.69. The maximum Gasteiger partial charge on any atom is 0.256 e. The quantitative estimate of drug-likeness (QED) is 0.712. The number of hydrogen-bond acceptors (Lipinski definition) is 2. The zero-order valence-electron chi connectivity index (χ0n) is 15.8. The molecule has 0 bridgehead atoms. The van der Waals surface area contributed by atoms with Crippen molar-refractivity contribution in [1.29, 1.82) is 0 Å². The van der Waals surface area contributed by atoms with E-state index in [2.05, 4.69) is 42.9 Å². The number of carbonyl (C=O) groups is 1. The highest BCUT2D eigenvalue weighted by Crippen LogP contribution is 2.38. The minimum atomic E-state index is -0.104. The fourth-order valence-corrected chi connectivity index (χ4v) is 3.53. The van der Waals surface area contributed by atoms with Gasteiger partial charge in [0.1, 0.15) is 0 Å². The molecule has 0 fully saturated rings. The Bertz CT molecular complexity index is 862. The van der Waals surface area contributed by atoms with Crippen LogP contribution in [0.15, 0.2) is 60.5 Å². The lowest BCUT2D eigenvalue weighted by Crippen LogP contribution is -2.13. The van der Waals surface area contributed by atoms with E-state index in [0.717, 1.165) is 24.1 Å². The van der Waals surface area contributed by atoms with Crippen LogP contribution in [0.3, 0.4) is 0 Å². The van der Waals surface area contributed by atoms with Gasteiger partial charge in [0.2, 0.25) is 0 Å². The molecule has 3 nitrogen and oxygen atoms in total. The molecule has 0 aliphatic heterocycles. The van der Waals surface area contributed by atoms with Gasteiger partial charge in [0, 0.05) is 23.6 Å². The van der Waals surface area contributed by atoms with Crippen molar-refractivity contribution in [2.75, 3.05) is 5.32 Å². The fourth-order valence-electron chi connectivity index (χ4n) is 3.53. The van der Waals surface area contributed by atoms with E-state index < -0.39 is 0 Å². The second-order valence-electron chi connectivity index (χ2n) is 7.27. The van der Waals surface area contributed by atoms with Crippen LogP contribution < -0.4 is 5.32 Å². The molecule has 1 aromatic carbocycles. The van der Waals surface area contributed by atoms with Crippen molar-refractivity contribution in [3.05, 3.63) is 77.1 Å². The van der Waals surface area contributed by atoms with Crippen LogP contribution in [0.5, 0.6) is 0 Å². The highest BCUT2D eigenvalue weighted by atomic mass is 16.1. The Labute approximate surface area is 155 Å². The minimum Gasteiger partial charge on any atom is -0.322 e. The largest absolute Gasteiger partial charge is 0.322 e. The van der Waals surface area contributed by atoms with E-state index in [9.17, 15) is 4.79 Å². The summed E-state index contributed by atoms with van der Waals surface area (Å²) in [5.74, 6) is 0.468. The van der Waals surface area contributed by atoms with Gasteiger partial charge in [0.25, 0.3) is 5.91 Å². The molecule has 1 N–H and O–H groups in total. The fraction of sp³-hybridized carbons (Fsp3) is 0.304. The lowest BCUT2D eigenvalue weighted by Gasteiger charge is -2.26. The van der Waals surface area contributed by atoms with Crippen LogP contribution in [0.25, 0.3) is 5.57 Å². The van der Waals surface area contributed by atoms with Crippen LogP contribution in [0, 0.1) is 12.8 Å². The Morgan fingerprint density at radius 1 is 1.19 bits per heavy atom. The van der Waals surface area contributed by atoms with E-state index in [-0.39, 0.29) is 5.91 Å². The van der Waals surface area contributed by atoms with Gasteiger partial charge in [-0.25, -0.2) is 0 Å². The molecule has 0 saturated heterocycles. The third kappa shape index (κ3) is 3.93. The number of amides is 1. The van der Waals surface area contributed by atoms with Crippen molar-refractivity contribution in [3.63, 3.8) is 0 Å². The summed E-state index contributed by atoms with van der Waals surface area (Å²) in [6.07, 6.45) is 6.73. The van der Waals surface area contributed by atoms with E-state index in [1.54, 1.807) is 18.5 Å². The molecular weight excluding hydrogens is 320 g/mol. The number of nitrogens with zero attached hydrogens (tertiary/aromatic N) is 1. The maximum absolute atomic E-state index is 12.4. The van der Waals surface area contributed by atoms with Crippen LogP contribution >= 0.6 is 0 Å². The Morgan fingerprint density at radius 2 is 1.92 bits per heavy atom. The van der Waals surface area contributed by atoms with Gasteiger partial charge in [-0.2, -0.15) is 0 Å². The van der Waals surface area contributed by atoms with Gasteiger partial charge in [0.05, 0.1) is 0 Å². The molecule has 1 aromatic heterocycles. The number of aromatic nitrogens is 1. The van der Waals surface area contributed by atoms with E-state index >= 15 is 0 Å². The summed E-state index contributed by atoms with van der Waals surface area (Å²) < 4.78 is 0. The van der Waals surface area contributed by atoms with Crippen LogP contribution in [-0.2, 0) is 0 Å². The Hall–Kier alpha value is -2.68. The lowest BCUT2D eigenvalue weighted by molar-refractivity contribution is 0.102. The van der Waals surface area contributed by atoms with Crippen LogP contribution in [0.1, 0.15) is 54.6 Å². The first kappa shape index (κ1) is 18.1. The highest BCUT2D eigenvalue weighted by Gasteiger charge is 2.20. The molecule has 1 aliphatic rings. The second-order valence-corrected chi connectivity index (χ2v) is 7.27. The van der Waals surface area contributed by atoms with Crippen molar-refractivity contribution in [1.82, 2.24) is 4.98 Å². The molecule has 26 heavy (non-hydrogen) atoms. The number of anilines is 1. The van der Waals surface area contributed by atoms with Crippen molar-refractivity contribution < 1.29 is 4.79 Å². The first-order valence-corrected chi connectivity index (χ1v) is 9.12. The number of allylic oxidation sites excluding steroid dienone is 3. The Morgan fingerprint density at radius 3 is 2.58 bits per heavy atom. The van der Waals surface area contributed by atoms with E-state index in [4.69, 9.17) is 0 Å². The lowest BCUT2D eigenvalue weighted by atomic mass is 9.79. The van der Waals surface area contributed by atoms with Gasteiger partial charge in [-0.05, 0) is 80.9 Å². The molecule has 134 valence electrons. The molecule has 0 saturated carbocycles. The molecular formula is C23H26N2O. The number of pyridine rings is 1. The molecule has 1 amide bonds. The van der Waals surface area contributed by atoms with E-state index in [0.29, 0.717) is 11.5 Å². The maximum atomic E-state index is 12.4. The van der Waals surface area contributed by atoms with Gasteiger partial charge in [-0.3, -0.25) is 9.78 Å². The predicted molar refractivity (Wildman–Crippen MR) is 108 cm³/mol. The Kier molecular flexibility index (Phi) is 5.36. The van der Waals surface area contributed by atoms with Gasteiger partial charge in [-0.1, -0.05) is 29.9 Å². The van der Waals surface area contributed by atoms with Gasteiger partial charge < -0.3 is 5.32 Å². The summed E-state index contributed by atoms with van der Waals surface area (Å²) >= 11 is 0. The summed E-state index contributed by atoms with van der Waals surface area (Å²) in [5.41, 5.74) is 7.73. The van der Waals surface area contributed by atoms with Crippen LogP contribution in [-0.4, -0.2) is 10.9 Å². The zero-order valence-corrected chi connectivity index (χ0v) is 15.8. The molecule has 2 aromatic rings. The van der Waals surface area contributed by atoms with Crippen LogP contribution in [0.2, 0.25) is 0 Å². The van der Waals surface area contributed by atoms with Crippen molar-refractivity contribution >= 4 is 17.2 Å². The summed E-state index contributed by atoms with van der Waals surface area (Å²) in [7, 11) is 0. The average Bonchev–Trinajstić information content (AvgIpc) is 2.63. The summed E-state index contributed by atoms with van der Waals surface area (Å²) in [5, 5.41) is 2.97. The molecule has 1 aliphatic carbocycles. The molecule has 0 radical (unpaired) electrons. The van der Waals surface area contributed by atoms with Crippen molar-refractivity contribution in [3.8, 4) is 0 Å². The summed E-state index contributed by atoms with van der Waals surface area (Å²) in [6, 6.07) is 9.92. The van der Waals surface area contributed by atoms with Crippen LogP contribution in [0.4, 0.5) is 5.69 Å². The number of aryl methyl sites for hydroxylation is 1. The normalized spacial score (nSPS) is 17.1. The average molecular weight is 346 g/mol. The van der Waals surface area contributed by atoms with Gasteiger partial charge in [0.15, 0.2) is 0 Å². The summed E-state index contributed by atoms with van der Waals surface area (Å²) in [6.45, 7) is 10.4. The third-order valence-corrected chi connectivity index (χ3v) is 5.29. The summed E-state index contributed by atoms with van der Waals surface area (Å²) in [4.78, 5) is 16.5. The first-order valence-electron chi connectivity index (χ1n) is 9.12. The number of hydrogen-bond donors (Lipinski definition) is 1. The SMILES string of the molecule is C=C(C)[C@@H]1CCC(C)=C(c2ccc(NC(=O)c3ccncc3C)cc2)C1.